The smallest absolute Gasteiger partial charge is 0.338 e. The van der Waals surface area contributed by atoms with Crippen LogP contribution in [0.5, 0.6) is 0 Å². The van der Waals surface area contributed by atoms with Crippen LogP contribution in [-0.4, -0.2) is 16.2 Å². The fraction of sp³-hybridized carbons (Fsp3) is 0.188. The van der Waals surface area contributed by atoms with E-state index in [0.717, 1.165) is 5.76 Å². The van der Waals surface area contributed by atoms with Crippen LogP contribution in [0.15, 0.2) is 33.1 Å². The van der Waals surface area contributed by atoms with Gasteiger partial charge in [-0.1, -0.05) is 23.2 Å². The third-order valence-electron chi connectivity index (χ3n) is 3.16. The number of hydrogen-bond donors (Lipinski definition) is 0. The lowest BCUT2D eigenvalue weighted by Crippen LogP contribution is -2.05. The molecule has 0 radical (unpaired) electrons. The summed E-state index contributed by atoms with van der Waals surface area (Å²) in [5.41, 5.74) is 0.952. The van der Waals surface area contributed by atoms with E-state index in [-0.39, 0.29) is 18.1 Å². The van der Waals surface area contributed by atoms with Crippen molar-refractivity contribution in [3.05, 3.63) is 57.3 Å². The Morgan fingerprint density at radius 1 is 1.08 bits per heavy atom. The Labute approximate surface area is 147 Å². The Hall–Kier alpha value is -2.31. The minimum atomic E-state index is -0.588. The van der Waals surface area contributed by atoms with Gasteiger partial charge in [-0.05, 0) is 38.1 Å². The number of esters is 1. The zero-order valence-corrected chi connectivity index (χ0v) is 14.3. The maximum absolute atomic E-state index is 12.0. The Bertz CT molecular complexity index is 881. The molecule has 3 rings (SSSR count). The van der Waals surface area contributed by atoms with Crippen molar-refractivity contribution in [3.63, 3.8) is 0 Å². The van der Waals surface area contributed by atoms with Gasteiger partial charge >= 0.3 is 5.97 Å². The molecule has 24 heavy (non-hydrogen) atoms. The van der Waals surface area contributed by atoms with Gasteiger partial charge in [0, 0.05) is 10.0 Å². The molecule has 2 aromatic heterocycles. The van der Waals surface area contributed by atoms with Crippen LogP contribution in [0.2, 0.25) is 10.0 Å². The third kappa shape index (κ3) is 3.60. The van der Waals surface area contributed by atoms with Gasteiger partial charge in [-0.25, -0.2) is 4.79 Å². The lowest BCUT2D eigenvalue weighted by molar-refractivity contribution is 0.0438. The molecule has 0 amide bonds. The first-order chi connectivity index (χ1) is 11.4. The monoisotopic (exact) mass is 366 g/mol. The number of benzene rings is 1. The van der Waals surface area contributed by atoms with E-state index in [0.29, 0.717) is 27.3 Å². The molecular weight excluding hydrogens is 355 g/mol. The van der Waals surface area contributed by atoms with E-state index in [9.17, 15) is 4.79 Å². The molecule has 0 bridgehead atoms. The molecule has 0 aliphatic carbocycles. The molecule has 0 fully saturated rings. The van der Waals surface area contributed by atoms with Crippen LogP contribution in [0, 0.1) is 13.8 Å². The summed E-state index contributed by atoms with van der Waals surface area (Å²) >= 11 is 11.7. The Kier molecular flexibility index (Phi) is 4.59. The molecule has 1 aromatic carbocycles. The molecule has 2 heterocycles. The number of carbonyl (C=O) groups is 1. The molecule has 0 unspecified atom stereocenters. The number of hydrogen-bond acceptors (Lipinski definition) is 6. The third-order valence-corrected chi connectivity index (χ3v) is 3.60. The van der Waals surface area contributed by atoms with E-state index in [2.05, 4.69) is 10.2 Å². The molecule has 6 nitrogen and oxygen atoms in total. The van der Waals surface area contributed by atoms with E-state index < -0.39 is 5.97 Å². The van der Waals surface area contributed by atoms with Crippen LogP contribution in [-0.2, 0) is 11.3 Å². The van der Waals surface area contributed by atoms with Gasteiger partial charge in [0.2, 0.25) is 0 Å². The summed E-state index contributed by atoms with van der Waals surface area (Å²) in [5.74, 6) is 1.31. The van der Waals surface area contributed by atoms with Gasteiger partial charge in [0.15, 0.2) is 6.61 Å². The van der Waals surface area contributed by atoms with Crippen molar-refractivity contribution >= 4 is 29.2 Å². The van der Waals surface area contributed by atoms with Gasteiger partial charge in [-0.2, -0.15) is 0 Å². The molecule has 0 aliphatic rings. The number of rotatable bonds is 4. The van der Waals surface area contributed by atoms with Crippen molar-refractivity contribution < 1.29 is 18.4 Å². The van der Waals surface area contributed by atoms with Crippen molar-refractivity contribution in [1.29, 1.82) is 0 Å². The van der Waals surface area contributed by atoms with Crippen LogP contribution in [0.1, 0.15) is 27.8 Å². The lowest BCUT2D eigenvalue weighted by atomic mass is 10.2. The summed E-state index contributed by atoms with van der Waals surface area (Å²) < 4.78 is 16.0. The highest BCUT2D eigenvalue weighted by Gasteiger charge is 2.16. The van der Waals surface area contributed by atoms with Crippen molar-refractivity contribution in [2.45, 2.75) is 20.5 Å². The number of furan rings is 1. The summed E-state index contributed by atoms with van der Waals surface area (Å²) in [5, 5.41) is 8.48. The molecule has 0 aliphatic heterocycles. The highest BCUT2D eigenvalue weighted by molar-refractivity contribution is 6.35. The van der Waals surface area contributed by atoms with E-state index in [4.69, 9.17) is 36.8 Å². The van der Waals surface area contributed by atoms with Crippen molar-refractivity contribution in [1.82, 2.24) is 10.2 Å². The second kappa shape index (κ2) is 6.67. The summed E-state index contributed by atoms with van der Waals surface area (Å²) in [6, 6.07) is 6.26. The number of nitrogens with zero attached hydrogens (tertiary/aromatic N) is 2. The van der Waals surface area contributed by atoms with Gasteiger partial charge in [-0.3, -0.25) is 0 Å². The Morgan fingerprint density at radius 3 is 2.42 bits per heavy atom. The van der Waals surface area contributed by atoms with Gasteiger partial charge in [0.1, 0.15) is 11.5 Å². The SMILES string of the molecule is Cc1cc(-c2nnc(COC(=O)c3cc(Cl)cc(Cl)c3)o2)c(C)o1. The molecule has 0 spiro atoms. The standard InChI is InChI=1S/C16H12Cl2N2O4/c1-8-3-13(9(2)23-8)15-20-19-14(24-15)7-22-16(21)10-4-11(17)6-12(18)5-10/h3-6H,7H2,1-2H3. The van der Waals surface area contributed by atoms with Gasteiger partial charge in [0.05, 0.1) is 11.1 Å². The quantitative estimate of drug-likeness (QED) is 0.627. The molecule has 0 atom stereocenters. The fourth-order valence-electron chi connectivity index (χ4n) is 2.15. The maximum Gasteiger partial charge on any atom is 0.338 e. The molecule has 8 heteroatoms. The average Bonchev–Trinajstić information content (AvgIpc) is 3.09. The Balaban J connectivity index is 1.69. The number of halogens is 2. The van der Waals surface area contributed by atoms with E-state index in [1.54, 1.807) is 13.0 Å². The molecule has 3 aromatic rings. The van der Waals surface area contributed by atoms with Gasteiger partial charge in [-0.15, -0.1) is 10.2 Å². The minimum absolute atomic E-state index is 0.161. The number of aryl methyl sites for hydroxylation is 2. The van der Waals surface area contributed by atoms with Crippen LogP contribution in [0.4, 0.5) is 0 Å². The number of aromatic nitrogens is 2. The summed E-state index contributed by atoms with van der Waals surface area (Å²) in [6.07, 6.45) is 0. The molecule has 0 saturated carbocycles. The van der Waals surface area contributed by atoms with Gasteiger partial charge < -0.3 is 13.6 Å². The van der Waals surface area contributed by atoms with Crippen LogP contribution < -0.4 is 0 Å². The molecule has 0 saturated heterocycles. The van der Waals surface area contributed by atoms with Crippen molar-refractivity contribution in [2.24, 2.45) is 0 Å². The Morgan fingerprint density at radius 2 is 1.79 bits per heavy atom. The largest absolute Gasteiger partial charge is 0.466 e. The predicted octanol–water partition coefficient (Wildman–Crippen LogP) is 4.61. The van der Waals surface area contributed by atoms with Crippen LogP contribution >= 0.6 is 23.2 Å². The fourth-order valence-corrected chi connectivity index (χ4v) is 2.67. The topological polar surface area (TPSA) is 78.4 Å². The summed E-state index contributed by atoms with van der Waals surface area (Å²) in [7, 11) is 0. The van der Waals surface area contributed by atoms with E-state index in [1.165, 1.54) is 18.2 Å². The van der Waals surface area contributed by atoms with E-state index in [1.807, 2.05) is 6.92 Å². The van der Waals surface area contributed by atoms with Crippen molar-refractivity contribution in [2.75, 3.05) is 0 Å². The van der Waals surface area contributed by atoms with Gasteiger partial charge in [0.25, 0.3) is 11.8 Å². The lowest BCUT2D eigenvalue weighted by Gasteiger charge is -2.03. The highest BCUT2D eigenvalue weighted by atomic mass is 35.5. The summed E-state index contributed by atoms with van der Waals surface area (Å²) in [6.45, 7) is 3.46. The zero-order valence-electron chi connectivity index (χ0n) is 12.8. The molecule has 0 N–H and O–H groups in total. The normalized spacial score (nSPS) is 10.8. The molecular formula is C16H12Cl2N2O4. The highest BCUT2D eigenvalue weighted by Crippen LogP contribution is 2.25. The predicted molar refractivity (Wildman–Crippen MR) is 87.1 cm³/mol. The first-order valence-corrected chi connectivity index (χ1v) is 7.71. The number of ether oxygens (including phenoxy) is 1. The van der Waals surface area contributed by atoms with Crippen molar-refractivity contribution in [3.8, 4) is 11.5 Å². The first kappa shape index (κ1) is 16.5. The maximum atomic E-state index is 12.0. The molecule has 124 valence electrons. The minimum Gasteiger partial charge on any atom is -0.466 e. The second-order valence-corrected chi connectivity index (χ2v) is 5.93. The number of carbonyl (C=O) groups excluding carboxylic acids is 1. The average molecular weight is 367 g/mol. The van der Waals surface area contributed by atoms with Crippen LogP contribution in [0.3, 0.4) is 0 Å². The van der Waals surface area contributed by atoms with Crippen LogP contribution in [0.25, 0.3) is 11.5 Å². The zero-order chi connectivity index (χ0) is 17.3. The first-order valence-electron chi connectivity index (χ1n) is 6.95. The van der Waals surface area contributed by atoms with E-state index >= 15 is 0 Å². The summed E-state index contributed by atoms with van der Waals surface area (Å²) in [4.78, 5) is 12.0. The second-order valence-electron chi connectivity index (χ2n) is 5.06.